The molecule has 30 heavy (non-hydrogen) atoms. The van der Waals surface area contributed by atoms with Crippen LogP contribution in [0.5, 0.6) is 0 Å². The molecule has 0 aliphatic carbocycles. The first-order valence-corrected chi connectivity index (χ1v) is 10.1. The minimum absolute atomic E-state index is 0.0725. The SMILES string of the molecule is Cc1ccc(CC(=O)O)cc1SCC1OC(c2ccc(C(F)(F)F)c(F)c2)=NC1C. The first-order valence-electron chi connectivity index (χ1n) is 9.10. The number of carboxylic acid groups (broad SMARTS) is 1. The number of hydrogen-bond acceptors (Lipinski definition) is 4. The summed E-state index contributed by atoms with van der Waals surface area (Å²) in [7, 11) is 0. The van der Waals surface area contributed by atoms with E-state index in [4.69, 9.17) is 9.84 Å². The summed E-state index contributed by atoms with van der Waals surface area (Å²) >= 11 is 1.48. The van der Waals surface area contributed by atoms with Crippen LogP contribution in [0.2, 0.25) is 0 Å². The predicted octanol–water partition coefficient (Wildman–Crippen LogP) is 5.11. The number of benzene rings is 2. The van der Waals surface area contributed by atoms with Gasteiger partial charge in [-0.25, -0.2) is 9.38 Å². The van der Waals surface area contributed by atoms with Crippen LogP contribution >= 0.6 is 11.8 Å². The van der Waals surface area contributed by atoms with Crippen molar-refractivity contribution in [1.29, 1.82) is 0 Å². The summed E-state index contributed by atoms with van der Waals surface area (Å²) in [6.45, 7) is 3.73. The third-order valence-corrected chi connectivity index (χ3v) is 5.90. The van der Waals surface area contributed by atoms with Crippen molar-refractivity contribution in [3.05, 3.63) is 64.5 Å². The third-order valence-electron chi connectivity index (χ3n) is 4.65. The Labute approximate surface area is 175 Å². The van der Waals surface area contributed by atoms with E-state index in [1.165, 1.54) is 11.8 Å². The number of rotatable bonds is 6. The Kier molecular flexibility index (Phi) is 6.40. The maximum absolute atomic E-state index is 13.9. The number of alkyl halides is 3. The molecular formula is C21H19F4NO3S. The molecule has 160 valence electrons. The van der Waals surface area contributed by atoms with Gasteiger partial charge in [0.2, 0.25) is 5.90 Å². The van der Waals surface area contributed by atoms with E-state index in [0.29, 0.717) is 17.4 Å². The molecule has 0 aromatic heterocycles. The van der Waals surface area contributed by atoms with Gasteiger partial charge in [0.05, 0.1) is 18.0 Å². The van der Waals surface area contributed by atoms with E-state index in [1.807, 2.05) is 26.0 Å². The number of nitrogens with zero attached hydrogens (tertiary/aromatic N) is 1. The third kappa shape index (κ3) is 5.13. The molecule has 1 aliphatic rings. The number of aryl methyl sites for hydroxylation is 1. The molecule has 1 aliphatic heterocycles. The summed E-state index contributed by atoms with van der Waals surface area (Å²) in [5, 5.41) is 8.95. The second-order valence-corrected chi connectivity index (χ2v) is 8.07. The number of halogens is 4. The van der Waals surface area contributed by atoms with Crippen molar-refractivity contribution in [3.63, 3.8) is 0 Å². The van der Waals surface area contributed by atoms with Gasteiger partial charge in [0.1, 0.15) is 11.9 Å². The van der Waals surface area contributed by atoms with Crippen molar-refractivity contribution in [2.45, 2.75) is 43.5 Å². The van der Waals surface area contributed by atoms with Gasteiger partial charge in [-0.05, 0) is 49.2 Å². The lowest BCUT2D eigenvalue weighted by Crippen LogP contribution is -2.23. The highest BCUT2D eigenvalue weighted by molar-refractivity contribution is 7.99. The number of aliphatic carboxylic acids is 1. The second kappa shape index (κ2) is 8.67. The zero-order valence-electron chi connectivity index (χ0n) is 16.2. The zero-order chi connectivity index (χ0) is 22.1. The number of hydrogen-bond donors (Lipinski definition) is 1. The molecule has 1 N–H and O–H groups in total. The normalized spacial score (nSPS) is 18.8. The smallest absolute Gasteiger partial charge is 0.419 e. The quantitative estimate of drug-likeness (QED) is 0.500. The molecule has 0 bridgehead atoms. The van der Waals surface area contributed by atoms with Crippen molar-refractivity contribution in [1.82, 2.24) is 0 Å². The van der Waals surface area contributed by atoms with Crippen molar-refractivity contribution < 1.29 is 32.2 Å². The van der Waals surface area contributed by atoms with Gasteiger partial charge in [-0.1, -0.05) is 12.1 Å². The first-order chi connectivity index (χ1) is 14.0. The Bertz CT molecular complexity index is 991. The van der Waals surface area contributed by atoms with E-state index >= 15 is 0 Å². The molecule has 2 unspecified atom stereocenters. The standard InChI is InChI=1S/C21H19F4NO3S/c1-11-3-4-13(8-19(27)28)7-18(11)30-10-17-12(2)26-20(29-17)14-5-6-15(16(22)9-14)21(23,24)25/h3-7,9,12,17H,8,10H2,1-2H3,(H,27,28). The Hall–Kier alpha value is -2.55. The fourth-order valence-electron chi connectivity index (χ4n) is 2.99. The Morgan fingerprint density at radius 3 is 2.60 bits per heavy atom. The van der Waals surface area contributed by atoms with Crippen LogP contribution in [-0.2, 0) is 22.1 Å². The van der Waals surface area contributed by atoms with E-state index < -0.39 is 23.5 Å². The molecule has 3 rings (SSSR count). The monoisotopic (exact) mass is 441 g/mol. The van der Waals surface area contributed by atoms with Gasteiger partial charge in [-0.15, -0.1) is 11.8 Å². The molecule has 4 nitrogen and oxygen atoms in total. The van der Waals surface area contributed by atoms with Gasteiger partial charge < -0.3 is 9.84 Å². The Morgan fingerprint density at radius 2 is 1.97 bits per heavy atom. The summed E-state index contributed by atoms with van der Waals surface area (Å²) in [4.78, 5) is 16.2. The highest BCUT2D eigenvalue weighted by atomic mass is 32.2. The fourth-order valence-corrected chi connectivity index (χ4v) is 4.21. The summed E-state index contributed by atoms with van der Waals surface area (Å²) < 4.78 is 57.9. The number of ether oxygens (including phenoxy) is 1. The van der Waals surface area contributed by atoms with Crippen LogP contribution in [-0.4, -0.2) is 34.9 Å². The van der Waals surface area contributed by atoms with Gasteiger partial charge in [0, 0.05) is 16.2 Å². The van der Waals surface area contributed by atoms with Gasteiger partial charge >= 0.3 is 12.1 Å². The van der Waals surface area contributed by atoms with E-state index in [9.17, 15) is 22.4 Å². The number of aliphatic imine (C=N–C) groups is 1. The largest absolute Gasteiger partial charge is 0.481 e. The molecule has 2 aromatic carbocycles. The van der Waals surface area contributed by atoms with Crippen molar-refractivity contribution in [2.24, 2.45) is 4.99 Å². The van der Waals surface area contributed by atoms with E-state index in [1.54, 1.807) is 6.07 Å². The van der Waals surface area contributed by atoms with Crippen LogP contribution < -0.4 is 0 Å². The molecule has 0 amide bonds. The Balaban J connectivity index is 1.68. The van der Waals surface area contributed by atoms with Crippen LogP contribution in [0.15, 0.2) is 46.3 Å². The van der Waals surface area contributed by atoms with Crippen molar-refractivity contribution in [2.75, 3.05) is 5.75 Å². The maximum Gasteiger partial charge on any atom is 0.419 e. The van der Waals surface area contributed by atoms with Crippen LogP contribution in [0.1, 0.15) is 29.2 Å². The zero-order valence-corrected chi connectivity index (χ0v) is 17.0. The van der Waals surface area contributed by atoms with Gasteiger partial charge in [-0.2, -0.15) is 13.2 Å². The molecule has 0 radical (unpaired) electrons. The summed E-state index contributed by atoms with van der Waals surface area (Å²) in [5.74, 6) is -1.68. The molecule has 2 aromatic rings. The van der Waals surface area contributed by atoms with E-state index in [2.05, 4.69) is 4.99 Å². The van der Waals surface area contributed by atoms with Gasteiger partial charge in [-0.3, -0.25) is 4.79 Å². The minimum Gasteiger partial charge on any atom is -0.481 e. The Morgan fingerprint density at radius 1 is 1.23 bits per heavy atom. The second-order valence-electron chi connectivity index (χ2n) is 7.00. The molecule has 0 saturated carbocycles. The average Bonchev–Trinajstić information content (AvgIpc) is 3.01. The lowest BCUT2D eigenvalue weighted by atomic mass is 10.1. The lowest BCUT2D eigenvalue weighted by Gasteiger charge is -2.16. The molecule has 0 saturated heterocycles. The van der Waals surface area contributed by atoms with E-state index in [0.717, 1.165) is 22.6 Å². The molecule has 0 spiro atoms. The molecular weight excluding hydrogens is 422 g/mol. The van der Waals surface area contributed by atoms with Crippen LogP contribution in [0.25, 0.3) is 0 Å². The van der Waals surface area contributed by atoms with Crippen molar-refractivity contribution >= 4 is 23.6 Å². The van der Waals surface area contributed by atoms with Crippen LogP contribution in [0, 0.1) is 12.7 Å². The summed E-state index contributed by atoms with van der Waals surface area (Å²) in [5.41, 5.74) is 0.500. The lowest BCUT2D eigenvalue weighted by molar-refractivity contribution is -0.140. The van der Waals surface area contributed by atoms with Crippen molar-refractivity contribution in [3.8, 4) is 0 Å². The van der Waals surface area contributed by atoms with Crippen LogP contribution in [0.4, 0.5) is 17.6 Å². The average molecular weight is 441 g/mol. The molecule has 2 atom stereocenters. The number of thioether (sulfide) groups is 1. The van der Waals surface area contributed by atoms with Crippen LogP contribution in [0.3, 0.4) is 0 Å². The molecule has 9 heteroatoms. The number of carbonyl (C=O) groups is 1. The first kappa shape index (κ1) is 22.1. The predicted molar refractivity (Wildman–Crippen MR) is 106 cm³/mol. The maximum atomic E-state index is 13.9. The topological polar surface area (TPSA) is 58.9 Å². The highest BCUT2D eigenvalue weighted by Crippen LogP contribution is 2.33. The molecule has 0 fully saturated rings. The van der Waals surface area contributed by atoms with Gasteiger partial charge in [0.25, 0.3) is 0 Å². The highest BCUT2D eigenvalue weighted by Gasteiger charge is 2.35. The molecule has 1 heterocycles. The van der Waals surface area contributed by atoms with E-state index in [-0.39, 0.29) is 30.0 Å². The van der Waals surface area contributed by atoms with Gasteiger partial charge in [0.15, 0.2) is 0 Å². The summed E-state index contributed by atoms with van der Waals surface area (Å²) in [6.07, 6.45) is -5.19. The number of carboxylic acids is 1. The minimum atomic E-state index is -4.76. The summed E-state index contributed by atoms with van der Waals surface area (Å²) in [6, 6.07) is 7.78. The fraction of sp³-hybridized carbons (Fsp3) is 0.333.